The molecule has 0 spiro atoms. The predicted molar refractivity (Wildman–Crippen MR) is 58.5 cm³/mol. The summed E-state index contributed by atoms with van der Waals surface area (Å²) in [6.45, 7) is 5.25. The lowest BCUT2D eigenvalue weighted by Gasteiger charge is -2.02. The summed E-state index contributed by atoms with van der Waals surface area (Å²) in [5.74, 6) is 0. The van der Waals surface area contributed by atoms with Crippen LogP contribution >= 0.6 is 0 Å². The Morgan fingerprint density at radius 2 is 2.33 bits per heavy atom. The molecular weight excluding hydrogens is 192 g/mol. The highest BCUT2D eigenvalue weighted by Gasteiger charge is 1.98. The fourth-order valence-corrected chi connectivity index (χ4v) is 1.22. The Morgan fingerprint density at radius 3 is 3.07 bits per heavy atom. The van der Waals surface area contributed by atoms with Gasteiger partial charge in [0.1, 0.15) is 0 Å². The van der Waals surface area contributed by atoms with Gasteiger partial charge in [0, 0.05) is 19.3 Å². The molecule has 0 atom stereocenters. The van der Waals surface area contributed by atoms with Crippen molar-refractivity contribution in [2.45, 2.75) is 32.9 Å². The van der Waals surface area contributed by atoms with Crippen LogP contribution in [0.25, 0.3) is 0 Å². The first-order chi connectivity index (χ1) is 7.36. The minimum atomic E-state index is 0.711. The highest BCUT2D eigenvalue weighted by atomic mass is 16.5. The fraction of sp³-hybridized carbons (Fsp3) is 0.800. The lowest BCUT2D eigenvalue weighted by molar-refractivity contribution is 0.120. The van der Waals surface area contributed by atoms with Crippen molar-refractivity contribution < 1.29 is 4.74 Å². The molecule has 5 nitrogen and oxygen atoms in total. The largest absolute Gasteiger partial charge is 0.380 e. The van der Waals surface area contributed by atoms with E-state index in [1.807, 2.05) is 17.9 Å². The number of rotatable bonds is 8. The van der Waals surface area contributed by atoms with Gasteiger partial charge in [-0.3, -0.25) is 0 Å². The second-order valence-corrected chi connectivity index (χ2v) is 3.47. The normalized spacial score (nSPS) is 10.8. The zero-order valence-electron chi connectivity index (χ0n) is 9.57. The third-order valence-electron chi connectivity index (χ3n) is 2.05. The molecule has 0 amide bonds. The summed E-state index contributed by atoms with van der Waals surface area (Å²) < 4.78 is 7.26. The van der Waals surface area contributed by atoms with Crippen LogP contribution in [-0.4, -0.2) is 35.3 Å². The summed E-state index contributed by atoms with van der Waals surface area (Å²) in [5, 5.41) is 11.0. The smallest absolute Gasteiger partial charge is 0.0964 e. The van der Waals surface area contributed by atoms with Crippen molar-refractivity contribution in [2.75, 3.05) is 20.3 Å². The van der Waals surface area contributed by atoms with Gasteiger partial charge >= 0.3 is 0 Å². The van der Waals surface area contributed by atoms with E-state index >= 15 is 0 Å². The number of hydrogen-bond donors (Lipinski definition) is 1. The Bertz CT molecular complexity index is 262. The predicted octanol–water partition coefficient (Wildman–Crippen LogP) is 0.814. The maximum Gasteiger partial charge on any atom is 0.0964 e. The van der Waals surface area contributed by atoms with Crippen LogP contribution in [0.2, 0.25) is 0 Å². The molecule has 1 N–H and O–H groups in total. The van der Waals surface area contributed by atoms with Gasteiger partial charge in [-0.25, -0.2) is 4.68 Å². The fourth-order valence-electron chi connectivity index (χ4n) is 1.22. The second kappa shape index (κ2) is 7.36. The molecule has 86 valence electrons. The van der Waals surface area contributed by atoms with Crippen molar-refractivity contribution in [3.05, 3.63) is 11.9 Å². The lowest BCUT2D eigenvalue weighted by atomic mass is 10.4. The van der Waals surface area contributed by atoms with Crippen LogP contribution in [0.1, 0.15) is 25.5 Å². The summed E-state index contributed by atoms with van der Waals surface area (Å²) in [4.78, 5) is 0. The average molecular weight is 212 g/mol. The lowest BCUT2D eigenvalue weighted by Crippen LogP contribution is -2.07. The number of nitrogens with one attached hydrogen (secondary N) is 1. The number of ether oxygens (including phenoxy) is 1. The monoisotopic (exact) mass is 212 g/mol. The van der Waals surface area contributed by atoms with Crippen LogP contribution in [-0.2, 0) is 17.8 Å². The Balaban J connectivity index is 2.14. The van der Waals surface area contributed by atoms with Crippen LogP contribution in [0.15, 0.2) is 6.20 Å². The molecular formula is C10H20N4O. The summed E-state index contributed by atoms with van der Waals surface area (Å²) in [6.07, 6.45) is 4.25. The SMILES string of the molecule is CCCCOCCn1cc(CNC)nn1. The highest BCUT2D eigenvalue weighted by molar-refractivity contribution is 4.90. The first-order valence-electron chi connectivity index (χ1n) is 5.48. The number of unbranched alkanes of at least 4 members (excludes halogenated alkanes) is 1. The topological polar surface area (TPSA) is 52.0 Å². The Kier molecular flexibility index (Phi) is 5.96. The summed E-state index contributed by atoms with van der Waals surface area (Å²) >= 11 is 0. The first kappa shape index (κ1) is 12.1. The Labute approximate surface area is 90.8 Å². The van der Waals surface area contributed by atoms with Gasteiger partial charge in [0.25, 0.3) is 0 Å². The molecule has 1 aromatic heterocycles. The Morgan fingerprint density at radius 1 is 1.47 bits per heavy atom. The summed E-state index contributed by atoms with van der Waals surface area (Å²) in [6, 6.07) is 0. The molecule has 0 aliphatic heterocycles. The molecule has 0 unspecified atom stereocenters. The van der Waals surface area contributed by atoms with Crippen LogP contribution in [0.4, 0.5) is 0 Å². The van der Waals surface area contributed by atoms with E-state index in [0.29, 0.717) is 6.61 Å². The molecule has 0 saturated heterocycles. The van der Waals surface area contributed by atoms with Gasteiger partial charge in [-0.05, 0) is 13.5 Å². The Hall–Kier alpha value is -0.940. The average Bonchev–Trinajstić information content (AvgIpc) is 2.66. The van der Waals surface area contributed by atoms with Crippen LogP contribution in [0.5, 0.6) is 0 Å². The van der Waals surface area contributed by atoms with E-state index < -0.39 is 0 Å². The maximum absolute atomic E-state index is 5.44. The van der Waals surface area contributed by atoms with Crippen molar-refractivity contribution in [1.82, 2.24) is 20.3 Å². The van der Waals surface area contributed by atoms with Gasteiger partial charge in [-0.15, -0.1) is 5.10 Å². The van der Waals surface area contributed by atoms with Crippen molar-refractivity contribution in [1.29, 1.82) is 0 Å². The van der Waals surface area contributed by atoms with E-state index in [-0.39, 0.29) is 0 Å². The minimum Gasteiger partial charge on any atom is -0.380 e. The van der Waals surface area contributed by atoms with Gasteiger partial charge < -0.3 is 10.1 Å². The third kappa shape index (κ3) is 4.90. The highest BCUT2D eigenvalue weighted by Crippen LogP contribution is 1.93. The third-order valence-corrected chi connectivity index (χ3v) is 2.05. The van der Waals surface area contributed by atoms with E-state index in [1.165, 1.54) is 6.42 Å². The van der Waals surface area contributed by atoms with Crippen LogP contribution in [0.3, 0.4) is 0 Å². The molecule has 0 fully saturated rings. The van der Waals surface area contributed by atoms with Crippen molar-refractivity contribution >= 4 is 0 Å². The molecule has 0 aromatic carbocycles. The minimum absolute atomic E-state index is 0.711. The van der Waals surface area contributed by atoms with E-state index in [1.54, 1.807) is 0 Å². The van der Waals surface area contributed by atoms with Crippen molar-refractivity contribution in [3.63, 3.8) is 0 Å². The zero-order chi connectivity index (χ0) is 10.9. The molecule has 1 aromatic rings. The molecule has 0 radical (unpaired) electrons. The number of aromatic nitrogens is 3. The first-order valence-corrected chi connectivity index (χ1v) is 5.48. The maximum atomic E-state index is 5.44. The standard InChI is InChI=1S/C10H20N4O/c1-3-4-6-15-7-5-14-9-10(8-11-2)12-13-14/h9,11H,3-8H2,1-2H3. The molecule has 5 heteroatoms. The second-order valence-electron chi connectivity index (χ2n) is 3.47. The van der Waals surface area contributed by atoms with E-state index in [4.69, 9.17) is 4.74 Å². The molecule has 0 aliphatic carbocycles. The molecule has 0 aliphatic rings. The molecule has 15 heavy (non-hydrogen) atoms. The van der Waals surface area contributed by atoms with Gasteiger partial charge in [-0.1, -0.05) is 18.6 Å². The van der Waals surface area contributed by atoms with E-state index in [0.717, 1.165) is 31.8 Å². The molecule has 0 saturated carbocycles. The van der Waals surface area contributed by atoms with Gasteiger partial charge in [0.05, 0.1) is 18.8 Å². The molecule has 0 bridgehead atoms. The number of nitrogens with zero attached hydrogens (tertiary/aromatic N) is 3. The quantitative estimate of drug-likeness (QED) is 0.648. The van der Waals surface area contributed by atoms with Crippen LogP contribution in [0, 0.1) is 0 Å². The summed E-state index contributed by atoms with van der Waals surface area (Å²) in [7, 11) is 1.90. The van der Waals surface area contributed by atoms with Gasteiger partial charge in [0.2, 0.25) is 0 Å². The molecule has 1 rings (SSSR count). The summed E-state index contributed by atoms with van der Waals surface area (Å²) in [5.41, 5.74) is 0.964. The van der Waals surface area contributed by atoms with Crippen molar-refractivity contribution in [3.8, 4) is 0 Å². The molecule has 1 heterocycles. The van der Waals surface area contributed by atoms with Crippen molar-refractivity contribution in [2.24, 2.45) is 0 Å². The zero-order valence-corrected chi connectivity index (χ0v) is 9.57. The van der Waals surface area contributed by atoms with Gasteiger partial charge in [-0.2, -0.15) is 0 Å². The van der Waals surface area contributed by atoms with E-state index in [2.05, 4.69) is 22.6 Å². The van der Waals surface area contributed by atoms with Gasteiger partial charge in [0.15, 0.2) is 0 Å². The van der Waals surface area contributed by atoms with Crippen LogP contribution < -0.4 is 5.32 Å². The van der Waals surface area contributed by atoms with E-state index in [9.17, 15) is 0 Å². The number of hydrogen-bond acceptors (Lipinski definition) is 4.